The molecule has 0 radical (unpaired) electrons. The van der Waals surface area contributed by atoms with Crippen LogP contribution in [0, 0.1) is 22.5 Å². The van der Waals surface area contributed by atoms with E-state index in [1.807, 2.05) is 0 Å². The van der Waals surface area contributed by atoms with Gasteiger partial charge < -0.3 is 5.32 Å². The van der Waals surface area contributed by atoms with E-state index in [4.69, 9.17) is 29.6 Å². The SMILES string of the molecule is C#CC(C)NC(=O)c1cc([N+](=O)[O-])cc(Cl)c1Cl. The van der Waals surface area contributed by atoms with Crippen LogP contribution in [-0.2, 0) is 0 Å². The third kappa shape index (κ3) is 3.13. The maximum atomic E-state index is 11.8. The minimum Gasteiger partial charge on any atom is -0.339 e. The second-order valence-electron chi connectivity index (χ2n) is 3.41. The van der Waals surface area contributed by atoms with Crippen LogP contribution in [0.3, 0.4) is 0 Å². The summed E-state index contributed by atoms with van der Waals surface area (Å²) in [6, 6.07) is 1.60. The van der Waals surface area contributed by atoms with Gasteiger partial charge in [0.25, 0.3) is 11.6 Å². The lowest BCUT2D eigenvalue weighted by atomic mass is 10.1. The van der Waals surface area contributed by atoms with Crippen LogP contribution in [0.15, 0.2) is 12.1 Å². The molecule has 18 heavy (non-hydrogen) atoms. The number of carbonyl (C=O) groups is 1. The van der Waals surface area contributed by atoms with Crippen molar-refractivity contribution in [2.75, 3.05) is 0 Å². The molecule has 94 valence electrons. The molecule has 0 saturated carbocycles. The third-order valence-corrected chi connectivity index (χ3v) is 2.87. The first-order valence-corrected chi connectivity index (χ1v) is 5.52. The lowest BCUT2D eigenvalue weighted by Crippen LogP contribution is -2.31. The van der Waals surface area contributed by atoms with Crippen molar-refractivity contribution in [3.8, 4) is 12.3 Å². The zero-order valence-electron chi connectivity index (χ0n) is 9.24. The van der Waals surface area contributed by atoms with Crippen molar-refractivity contribution in [3.63, 3.8) is 0 Å². The van der Waals surface area contributed by atoms with Gasteiger partial charge in [-0.2, -0.15) is 0 Å². The lowest BCUT2D eigenvalue weighted by molar-refractivity contribution is -0.384. The van der Waals surface area contributed by atoms with E-state index < -0.39 is 16.9 Å². The Labute approximate surface area is 113 Å². The van der Waals surface area contributed by atoms with E-state index in [1.54, 1.807) is 6.92 Å². The zero-order valence-corrected chi connectivity index (χ0v) is 10.7. The zero-order chi connectivity index (χ0) is 13.9. The van der Waals surface area contributed by atoms with Gasteiger partial charge in [0.15, 0.2) is 0 Å². The lowest BCUT2D eigenvalue weighted by Gasteiger charge is -2.09. The van der Waals surface area contributed by atoms with Crippen molar-refractivity contribution in [3.05, 3.63) is 37.9 Å². The van der Waals surface area contributed by atoms with Crippen molar-refractivity contribution in [2.24, 2.45) is 0 Å². The molecule has 1 atom stereocenters. The van der Waals surface area contributed by atoms with Gasteiger partial charge in [0.1, 0.15) is 0 Å². The van der Waals surface area contributed by atoms with Gasteiger partial charge in [0.2, 0.25) is 0 Å². The molecule has 1 rings (SSSR count). The number of nitrogens with one attached hydrogen (secondary N) is 1. The van der Waals surface area contributed by atoms with Crippen LogP contribution in [0.4, 0.5) is 5.69 Å². The number of terminal acetylenes is 1. The summed E-state index contributed by atoms with van der Waals surface area (Å²) in [5, 5.41) is 13.0. The fraction of sp³-hybridized carbons (Fsp3) is 0.182. The standard InChI is InChI=1S/C11H8Cl2N2O3/c1-3-6(2)14-11(16)8-4-7(15(17)18)5-9(12)10(8)13/h1,4-6H,2H3,(H,14,16). The number of amides is 1. The van der Waals surface area contributed by atoms with Gasteiger partial charge >= 0.3 is 0 Å². The molecule has 7 heteroatoms. The molecule has 0 heterocycles. The highest BCUT2D eigenvalue weighted by atomic mass is 35.5. The van der Waals surface area contributed by atoms with Crippen molar-refractivity contribution in [1.82, 2.24) is 5.32 Å². The van der Waals surface area contributed by atoms with Gasteiger partial charge in [-0.15, -0.1) is 6.42 Å². The Balaban J connectivity index is 3.19. The van der Waals surface area contributed by atoms with Crippen LogP contribution in [0.5, 0.6) is 0 Å². The second-order valence-corrected chi connectivity index (χ2v) is 4.19. The fourth-order valence-corrected chi connectivity index (χ4v) is 1.57. The molecule has 0 aromatic heterocycles. The first-order valence-electron chi connectivity index (χ1n) is 4.77. The van der Waals surface area contributed by atoms with Crippen LogP contribution >= 0.6 is 23.2 Å². The van der Waals surface area contributed by atoms with E-state index in [2.05, 4.69) is 11.2 Å². The Kier molecular flexibility index (Phi) is 4.54. The van der Waals surface area contributed by atoms with Crippen LogP contribution in [-0.4, -0.2) is 16.9 Å². The highest BCUT2D eigenvalue weighted by Crippen LogP contribution is 2.30. The van der Waals surface area contributed by atoms with Crippen molar-refractivity contribution >= 4 is 34.8 Å². The Morgan fingerprint density at radius 3 is 2.67 bits per heavy atom. The summed E-state index contributed by atoms with van der Waals surface area (Å²) in [5.74, 6) is 1.68. The summed E-state index contributed by atoms with van der Waals surface area (Å²) >= 11 is 11.5. The summed E-state index contributed by atoms with van der Waals surface area (Å²) in [6.07, 6.45) is 5.11. The number of hydrogen-bond acceptors (Lipinski definition) is 3. The smallest absolute Gasteiger partial charge is 0.271 e. The minimum absolute atomic E-state index is 0.0519. The van der Waals surface area contributed by atoms with Crippen molar-refractivity contribution < 1.29 is 9.72 Å². The molecule has 5 nitrogen and oxygen atoms in total. The molecule has 1 amide bonds. The highest BCUT2D eigenvalue weighted by Gasteiger charge is 2.20. The Morgan fingerprint density at radius 2 is 2.17 bits per heavy atom. The molecule has 0 saturated heterocycles. The first kappa shape index (κ1) is 14.3. The van der Waals surface area contributed by atoms with E-state index >= 15 is 0 Å². The number of halogens is 2. The normalized spacial score (nSPS) is 11.4. The Bertz CT molecular complexity index is 552. The number of nitrogens with zero attached hydrogens (tertiary/aromatic N) is 1. The molecule has 0 aliphatic rings. The van der Waals surface area contributed by atoms with Crippen LogP contribution < -0.4 is 5.32 Å². The number of hydrogen-bond donors (Lipinski definition) is 1. The minimum atomic E-state index is -0.663. The van der Waals surface area contributed by atoms with Gasteiger partial charge in [-0.3, -0.25) is 14.9 Å². The van der Waals surface area contributed by atoms with E-state index in [9.17, 15) is 14.9 Å². The Hall–Kier alpha value is -1.77. The predicted molar refractivity (Wildman–Crippen MR) is 68.9 cm³/mol. The quantitative estimate of drug-likeness (QED) is 0.527. The average molecular weight is 287 g/mol. The van der Waals surface area contributed by atoms with Crippen molar-refractivity contribution in [2.45, 2.75) is 13.0 Å². The maximum Gasteiger partial charge on any atom is 0.271 e. The summed E-state index contributed by atoms with van der Waals surface area (Å²) in [7, 11) is 0. The molecule has 0 aliphatic heterocycles. The predicted octanol–water partition coefficient (Wildman–Crippen LogP) is 2.65. The van der Waals surface area contributed by atoms with Gasteiger partial charge in [0, 0.05) is 12.1 Å². The molecular formula is C11H8Cl2N2O3. The highest BCUT2D eigenvalue weighted by molar-refractivity contribution is 6.44. The van der Waals surface area contributed by atoms with E-state index in [0.717, 1.165) is 12.1 Å². The number of benzene rings is 1. The molecular weight excluding hydrogens is 279 g/mol. The number of rotatable bonds is 3. The van der Waals surface area contributed by atoms with Crippen LogP contribution in [0.25, 0.3) is 0 Å². The number of nitro benzene ring substituents is 1. The van der Waals surface area contributed by atoms with Gasteiger partial charge in [-0.1, -0.05) is 29.1 Å². The number of nitro groups is 1. The van der Waals surface area contributed by atoms with Crippen molar-refractivity contribution in [1.29, 1.82) is 0 Å². The third-order valence-electron chi connectivity index (χ3n) is 2.07. The van der Waals surface area contributed by atoms with Gasteiger partial charge in [-0.25, -0.2) is 0 Å². The maximum absolute atomic E-state index is 11.8. The largest absolute Gasteiger partial charge is 0.339 e. The molecule has 1 aromatic rings. The van der Waals surface area contributed by atoms with Crippen LogP contribution in [0.2, 0.25) is 10.0 Å². The van der Waals surface area contributed by atoms with Gasteiger partial charge in [-0.05, 0) is 6.92 Å². The van der Waals surface area contributed by atoms with E-state index in [0.29, 0.717) is 0 Å². The summed E-state index contributed by atoms with van der Waals surface area (Å²) in [4.78, 5) is 21.8. The molecule has 0 aliphatic carbocycles. The van der Waals surface area contributed by atoms with Crippen LogP contribution in [0.1, 0.15) is 17.3 Å². The topological polar surface area (TPSA) is 72.2 Å². The molecule has 0 spiro atoms. The molecule has 0 fully saturated rings. The van der Waals surface area contributed by atoms with E-state index in [1.165, 1.54) is 0 Å². The molecule has 0 bridgehead atoms. The number of carbonyl (C=O) groups excluding carboxylic acids is 1. The number of non-ortho nitro benzene ring substituents is 1. The average Bonchev–Trinajstić information content (AvgIpc) is 2.31. The fourth-order valence-electron chi connectivity index (χ4n) is 1.16. The van der Waals surface area contributed by atoms with E-state index in [-0.39, 0.29) is 21.3 Å². The summed E-state index contributed by atoms with van der Waals surface area (Å²) in [6.45, 7) is 1.59. The molecule has 1 aromatic carbocycles. The monoisotopic (exact) mass is 286 g/mol. The summed E-state index contributed by atoms with van der Waals surface area (Å²) < 4.78 is 0. The second kappa shape index (κ2) is 5.71. The first-order chi connectivity index (χ1) is 8.36. The Morgan fingerprint density at radius 1 is 1.56 bits per heavy atom. The molecule has 1 N–H and O–H groups in total. The molecule has 1 unspecified atom stereocenters. The summed E-state index contributed by atoms with van der Waals surface area (Å²) in [5.41, 5.74) is -0.402. The van der Waals surface area contributed by atoms with Gasteiger partial charge in [0.05, 0.1) is 26.6 Å².